The lowest BCUT2D eigenvalue weighted by Gasteiger charge is -2.37. The highest BCUT2D eigenvalue weighted by atomic mass is 32.2. The molecule has 2 bridgehead atoms. The van der Waals surface area contributed by atoms with Crippen LogP contribution in [0.25, 0.3) is 0 Å². The van der Waals surface area contributed by atoms with E-state index in [0.29, 0.717) is 11.1 Å². The van der Waals surface area contributed by atoms with Crippen molar-refractivity contribution in [1.82, 2.24) is 0 Å². The van der Waals surface area contributed by atoms with Crippen LogP contribution in [-0.2, 0) is 10.8 Å². The molecule has 0 radical (unpaired) electrons. The van der Waals surface area contributed by atoms with E-state index in [4.69, 9.17) is 5.26 Å². The highest BCUT2D eigenvalue weighted by Crippen LogP contribution is 2.38. The number of hydrogen-bond acceptors (Lipinski definition) is 3. The van der Waals surface area contributed by atoms with E-state index in [-0.39, 0.29) is 22.2 Å². The molecule has 2 unspecified atom stereocenters. The van der Waals surface area contributed by atoms with Crippen molar-refractivity contribution < 1.29 is 9.00 Å². The van der Waals surface area contributed by atoms with Crippen LogP contribution < -0.4 is 0 Å². The zero-order valence-corrected chi connectivity index (χ0v) is 13.0. The SMILES string of the molecule is Cc1c(C#N)cccc1C(=O)C1CC2CCCC(C1)S2=O. The fraction of sp³-hybridized carbons (Fsp3) is 0.529. The fourth-order valence-corrected chi connectivity index (χ4v) is 5.88. The molecule has 4 heteroatoms. The minimum Gasteiger partial charge on any atom is -0.294 e. The number of nitrogens with zero attached hydrogens (tertiary/aromatic N) is 1. The largest absolute Gasteiger partial charge is 0.294 e. The number of ketones is 1. The molecule has 1 aromatic carbocycles. The molecule has 2 fully saturated rings. The summed E-state index contributed by atoms with van der Waals surface area (Å²) < 4.78 is 12.2. The van der Waals surface area contributed by atoms with E-state index in [2.05, 4.69) is 6.07 Å². The molecular formula is C17H19NO2S. The predicted octanol–water partition coefficient (Wildman–Crippen LogP) is 3.13. The molecule has 0 saturated carbocycles. The van der Waals surface area contributed by atoms with Crippen molar-refractivity contribution in [3.05, 3.63) is 34.9 Å². The summed E-state index contributed by atoms with van der Waals surface area (Å²) in [4.78, 5) is 12.8. The fourth-order valence-electron chi connectivity index (χ4n) is 3.69. The Bertz CT molecular complexity index is 631. The lowest BCUT2D eigenvalue weighted by molar-refractivity contribution is 0.0894. The maximum atomic E-state index is 12.8. The van der Waals surface area contributed by atoms with Crippen LogP contribution in [0.4, 0.5) is 0 Å². The first-order chi connectivity index (χ1) is 10.1. The van der Waals surface area contributed by atoms with Crippen molar-refractivity contribution in [2.24, 2.45) is 5.92 Å². The summed E-state index contributed by atoms with van der Waals surface area (Å²) in [5.74, 6) is 0.115. The van der Waals surface area contributed by atoms with Crippen LogP contribution in [0.15, 0.2) is 18.2 Å². The van der Waals surface area contributed by atoms with Crippen molar-refractivity contribution in [2.75, 3.05) is 0 Å². The topological polar surface area (TPSA) is 57.9 Å². The highest BCUT2D eigenvalue weighted by Gasteiger charge is 2.40. The van der Waals surface area contributed by atoms with Crippen LogP contribution in [0.3, 0.4) is 0 Å². The number of nitriles is 1. The van der Waals surface area contributed by atoms with Crippen molar-refractivity contribution >= 4 is 16.6 Å². The first-order valence-corrected chi connectivity index (χ1v) is 8.82. The van der Waals surface area contributed by atoms with Gasteiger partial charge in [-0.2, -0.15) is 5.26 Å². The quantitative estimate of drug-likeness (QED) is 0.789. The van der Waals surface area contributed by atoms with Crippen LogP contribution in [0.5, 0.6) is 0 Å². The Balaban J connectivity index is 1.87. The van der Waals surface area contributed by atoms with Crippen molar-refractivity contribution in [2.45, 2.75) is 49.5 Å². The van der Waals surface area contributed by atoms with E-state index in [1.54, 1.807) is 12.1 Å². The molecule has 0 spiro atoms. The van der Waals surface area contributed by atoms with Gasteiger partial charge < -0.3 is 0 Å². The molecule has 2 saturated heterocycles. The van der Waals surface area contributed by atoms with Gasteiger partial charge in [-0.15, -0.1) is 0 Å². The van der Waals surface area contributed by atoms with Gasteiger partial charge in [0, 0.05) is 32.8 Å². The molecule has 0 amide bonds. The summed E-state index contributed by atoms with van der Waals surface area (Å²) in [6.45, 7) is 1.84. The first kappa shape index (κ1) is 14.5. The number of carbonyl (C=O) groups is 1. The van der Waals surface area contributed by atoms with Crippen molar-refractivity contribution in [3.8, 4) is 6.07 Å². The molecule has 2 aliphatic rings. The molecule has 1 aromatic rings. The van der Waals surface area contributed by atoms with Crippen LogP contribution in [0.2, 0.25) is 0 Å². The van der Waals surface area contributed by atoms with Crippen LogP contribution in [-0.4, -0.2) is 20.5 Å². The molecule has 21 heavy (non-hydrogen) atoms. The van der Waals surface area contributed by atoms with Crippen LogP contribution in [0.1, 0.15) is 53.6 Å². The monoisotopic (exact) mass is 301 g/mol. The second-order valence-electron chi connectivity index (χ2n) is 6.13. The maximum Gasteiger partial charge on any atom is 0.166 e. The highest BCUT2D eigenvalue weighted by molar-refractivity contribution is 7.86. The minimum atomic E-state index is -0.746. The molecule has 2 aliphatic heterocycles. The molecular weight excluding hydrogens is 282 g/mol. The molecule has 0 N–H and O–H groups in total. The maximum absolute atomic E-state index is 12.8. The average Bonchev–Trinajstić information content (AvgIpc) is 2.46. The summed E-state index contributed by atoms with van der Waals surface area (Å²) in [6, 6.07) is 7.48. The second kappa shape index (κ2) is 5.73. The first-order valence-electron chi connectivity index (χ1n) is 7.55. The molecule has 0 aliphatic carbocycles. The third kappa shape index (κ3) is 2.55. The van der Waals surface area contributed by atoms with E-state index in [0.717, 1.165) is 37.7 Å². The van der Waals surface area contributed by atoms with Gasteiger partial charge in [0.2, 0.25) is 0 Å². The van der Waals surface area contributed by atoms with Gasteiger partial charge in [-0.05, 0) is 44.2 Å². The Morgan fingerprint density at radius 2 is 1.95 bits per heavy atom. The van der Waals surface area contributed by atoms with E-state index in [1.165, 1.54) is 0 Å². The van der Waals surface area contributed by atoms with Gasteiger partial charge in [0.25, 0.3) is 0 Å². The predicted molar refractivity (Wildman–Crippen MR) is 82.5 cm³/mol. The number of carbonyl (C=O) groups excluding carboxylic acids is 1. The zero-order valence-electron chi connectivity index (χ0n) is 12.2. The Morgan fingerprint density at radius 1 is 1.29 bits per heavy atom. The van der Waals surface area contributed by atoms with E-state index in [1.807, 2.05) is 13.0 Å². The van der Waals surface area contributed by atoms with Crippen LogP contribution in [0, 0.1) is 24.2 Å². The number of fused-ring (bicyclic) bond motifs is 2. The summed E-state index contributed by atoms with van der Waals surface area (Å²) in [5.41, 5.74) is 2.02. The van der Waals surface area contributed by atoms with Gasteiger partial charge >= 0.3 is 0 Å². The molecule has 2 atom stereocenters. The van der Waals surface area contributed by atoms with Gasteiger partial charge in [0.1, 0.15) is 0 Å². The summed E-state index contributed by atoms with van der Waals surface area (Å²) >= 11 is 0. The van der Waals surface area contributed by atoms with Crippen molar-refractivity contribution in [1.29, 1.82) is 5.26 Å². The standard InChI is InChI=1S/C17H19NO2S/c1-11-12(10-18)4-2-7-16(11)17(19)13-8-14-5-3-6-15(9-13)21(14)20/h2,4,7,13-15H,3,5-6,8-9H2,1H3. The van der Waals surface area contributed by atoms with Crippen LogP contribution >= 0.6 is 0 Å². The Morgan fingerprint density at radius 3 is 2.57 bits per heavy atom. The van der Waals surface area contributed by atoms with Gasteiger partial charge in [-0.25, -0.2) is 0 Å². The molecule has 3 rings (SSSR count). The third-order valence-corrected chi connectivity index (χ3v) is 7.07. The number of hydrogen-bond donors (Lipinski definition) is 0. The van der Waals surface area contributed by atoms with E-state index in [9.17, 15) is 9.00 Å². The number of Topliss-reactive ketones (excluding diaryl/α,β-unsaturated/α-hetero) is 1. The summed E-state index contributed by atoms with van der Waals surface area (Å²) in [6.07, 6.45) is 4.62. The second-order valence-corrected chi connectivity index (χ2v) is 8.12. The average molecular weight is 301 g/mol. The number of rotatable bonds is 2. The van der Waals surface area contributed by atoms with Gasteiger partial charge in [-0.1, -0.05) is 18.6 Å². The lowest BCUT2D eigenvalue weighted by Crippen LogP contribution is -2.41. The van der Waals surface area contributed by atoms with Gasteiger partial charge in [0.15, 0.2) is 5.78 Å². The van der Waals surface area contributed by atoms with E-state index >= 15 is 0 Å². The van der Waals surface area contributed by atoms with Gasteiger partial charge in [-0.3, -0.25) is 9.00 Å². The Hall–Kier alpha value is -1.47. The zero-order chi connectivity index (χ0) is 15.0. The Labute approximate surface area is 127 Å². The molecule has 0 aromatic heterocycles. The molecule has 110 valence electrons. The lowest BCUT2D eigenvalue weighted by atomic mass is 9.83. The molecule has 3 nitrogen and oxygen atoms in total. The molecule has 2 heterocycles. The summed E-state index contributed by atoms with van der Waals surface area (Å²) in [7, 11) is -0.746. The van der Waals surface area contributed by atoms with Crippen molar-refractivity contribution in [3.63, 3.8) is 0 Å². The smallest absolute Gasteiger partial charge is 0.166 e. The third-order valence-electron chi connectivity index (χ3n) is 4.89. The van der Waals surface area contributed by atoms with E-state index < -0.39 is 10.8 Å². The number of benzene rings is 1. The Kier molecular flexibility index (Phi) is 3.95. The van der Waals surface area contributed by atoms with Gasteiger partial charge in [0.05, 0.1) is 11.6 Å². The normalized spacial score (nSPS) is 31.4. The minimum absolute atomic E-state index is 0.0226. The summed E-state index contributed by atoms with van der Waals surface area (Å²) in [5, 5.41) is 9.50.